The van der Waals surface area contributed by atoms with Gasteiger partial charge in [-0.05, 0) is 32.4 Å². The van der Waals surface area contributed by atoms with Crippen LogP contribution in [-0.4, -0.2) is 18.8 Å². The third kappa shape index (κ3) is 3.74. The molecular weight excluding hydrogens is 229 g/mol. The van der Waals surface area contributed by atoms with E-state index in [1.54, 1.807) is 12.1 Å². The molecule has 0 amide bonds. The summed E-state index contributed by atoms with van der Waals surface area (Å²) in [5.74, 6) is -0.319. The highest BCUT2D eigenvalue weighted by molar-refractivity contribution is 6.31. The maximum Gasteiger partial charge on any atom is 0.127 e. The van der Waals surface area contributed by atoms with E-state index in [1.807, 2.05) is 13.8 Å². The zero-order chi connectivity index (χ0) is 12.2. The SMILES string of the molecule is CCOCC(C)(N)Cc1c(F)cccc1Cl. The Hall–Kier alpha value is -0.640. The van der Waals surface area contributed by atoms with Crippen LogP contribution in [-0.2, 0) is 11.2 Å². The van der Waals surface area contributed by atoms with E-state index in [9.17, 15) is 4.39 Å². The molecule has 0 aliphatic heterocycles. The van der Waals surface area contributed by atoms with Gasteiger partial charge in [0.1, 0.15) is 5.82 Å². The van der Waals surface area contributed by atoms with Crippen molar-refractivity contribution in [3.8, 4) is 0 Å². The first kappa shape index (κ1) is 13.4. The number of ether oxygens (including phenoxy) is 1. The predicted molar refractivity (Wildman–Crippen MR) is 64.2 cm³/mol. The molecule has 90 valence electrons. The van der Waals surface area contributed by atoms with E-state index in [1.165, 1.54) is 6.07 Å². The molecule has 0 radical (unpaired) electrons. The van der Waals surface area contributed by atoms with Crippen molar-refractivity contribution in [1.82, 2.24) is 0 Å². The molecule has 1 atom stereocenters. The van der Waals surface area contributed by atoms with Crippen LogP contribution in [0.25, 0.3) is 0 Å². The van der Waals surface area contributed by atoms with E-state index >= 15 is 0 Å². The number of hydrogen-bond acceptors (Lipinski definition) is 2. The molecule has 4 heteroatoms. The summed E-state index contributed by atoms with van der Waals surface area (Å²) < 4.78 is 18.8. The number of halogens is 2. The van der Waals surface area contributed by atoms with Gasteiger partial charge >= 0.3 is 0 Å². The van der Waals surface area contributed by atoms with E-state index in [4.69, 9.17) is 22.1 Å². The van der Waals surface area contributed by atoms with Gasteiger partial charge in [0, 0.05) is 22.7 Å². The van der Waals surface area contributed by atoms with Gasteiger partial charge in [0.05, 0.1) is 6.61 Å². The van der Waals surface area contributed by atoms with Crippen molar-refractivity contribution in [2.45, 2.75) is 25.8 Å². The minimum atomic E-state index is -0.609. The van der Waals surface area contributed by atoms with Crippen molar-refractivity contribution in [2.24, 2.45) is 5.73 Å². The quantitative estimate of drug-likeness (QED) is 0.866. The van der Waals surface area contributed by atoms with E-state index in [0.717, 1.165) is 0 Å². The Kier molecular flexibility index (Phi) is 4.71. The number of rotatable bonds is 5. The highest BCUT2D eigenvalue weighted by atomic mass is 35.5. The molecule has 16 heavy (non-hydrogen) atoms. The van der Waals surface area contributed by atoms with Gasteiger partial charge in [0.15, 0.2) is 0 Å². The van der Waals surface area contributed by atoms with Crippen molar-refractivity contribution in [2.75, 3.05) is 13.2 Å². The molecule has 1 unspecified atom stereocenters. The minimum Gasteiger partial charge on any atom is -0.380 e. The first-order valence-electron chi connectivity index (χ1n) is 5.26. The first-order chi connectivity index (χ1) is 7.46. The van der Waals surface area contributed by atoms with Gasteiger partial charge in [-0.3, -0.25) is 0 Å². The average Bonchev–Trinajstić information content (AvgIpc) is 2.21. The van der Waals surface area contributed by atoms with Crippen LogP contribution in [0.15, 0.2) is 18.2 Å². The lowest BCUT2D eigenvalue weighted by Gasteiger charge is -2.25. The average molecular weight is 246 g/mol. The van der Waals surface area contributed by atoms with E-state index in [0.29, 0.717) is 30.2 Å². The molecule has 2 nitrogen and oxygen atoms in total. The summed E-state index contributed by atoms with van der Waals surface area (Å²) >= 11 is 5.93. The van der Waals surface area contributed by atoms with E-state index < -0.39 is 5.54 Å². The van der Waals surface area contributed by atoms with Crippen LogP contribution in [0.3, 0.4) is 0 Å². The highest BCUT2D eigenvalue weighted by Crippen LogP contribution is 2.23. The van der Waals surface area contributed by atoms with Crippen molar-refractivity contribution in [3.63, 3.8) is 0 Å². The van der Waals surface area contributed by atoms with Crippen LogP contribution in [0, 0.1) is 5.82 Å². The van der Waals surface area contributed by atoms with Crippen LogP contribution in [0.5, 0.6) is 0 Å². The Labute approximate surface area is 101 Å². The lowest BCUT2D eigenvalue weighted by molar-refractivity contribution is 0.101. The maximum atomic E-state index is 13.5. The van der Waals surface area contributed by atoms with Crippen molar-refractivity contribution in [3.05, 3.63) is 34.6 Å². The van der Waals surface area contributed by atoms with Gasteiger partial charge in [0.25, 0.3) is 0 Å². The molecule has 0 heterocycles. The summed E-state index contributed by atoms with van der Waals surface area (Å²) in [5.41, 5.74) is 5.87. The molecule has 0 spiro atoms. The van der Waals surface area contributed by atoms with Crippen LogP contribution in [0.4, 0.5) is 4.39 Å². The summed E-state index contributed by atoms with van der Waals surface area (Å²) in [7, 11) is 0. The molecule has 1 aromatic rings. The fraction of sp³-hybridized carbons (Fsp3) is 0.500. The van der Waals surface area contributed by atoms with Gasteiger partial charge in [-0.25, -0.2) is 4.39 Å². The largest absolute Gasteiger partial charge is 0.380 e. The fourth-order valence-corrected chi connectivity index (χ4v) is 1.72. The number of benzene rings is 1. The summed E-state index contributed by atoms with van der Waals surface area (Å²) in [6, 6.07) is 4.63. The van der Waals surface area contributed by atoms with Crippen molar-refractivity contribution < 1.29 is 9.13 Å². The minimum absolute atomic E-state index is 0.319. The molecule has 0 aliphatic carbocycles. The molecule has 0 bridgehead atoms. The first-order valence-corrected chi connectivity index (χ1v) is 5.63. The lowest BCUT2D eigenvalue weighted by atomic mass is 9.94. The third-order valence-corrected chi connectivity index (χ3v) is 2.63. The highest BCUT2D eigenvalue weighted by Gasteiger charge is 2.22. The second kappa shape index (κ2) is 5.62. The Bertz CT molecular complexity index is 335. The van der Waals surface area contributed by atoms with E-state index in [2.05, 4.69) is 0 Å². The standard InChI is InChI=1S/C12H17ClFNO/c1-3-16-8-12(2,15)7-9-10(13)5-4-6-11(9)14/h4-6H,3,7-8,15H2,1-2H3. The van der Waals surface area contributed by atoms with Gasteiger partial charge in [-0.15, -0.1) is 0 Å². The zero-order valence-electron chi connectivity index (χ0n) is 9.59. The lowest BCUT2D eigenvalue weighted by Crippen LogP contribution is -2.43. The van der Waals surface area contributed by atoms with E-state index in [-0.39, 0.29) is 5.82 Å². The van der Waals surface area contributed by atoms with Gasteiger partial charge < -0.3 is 10.5 Å². The predicted octanol–water partition coefficient (Wildman–Crippen LogP) is 2.78. The second-order valence-electron chi connectivity index (χ2n) is 4.17. The molecule has 1 rings (SSSR count). The summed E-state index contributed by atoms with van der Waals surface area (Å²) in [4.78, 5) is 0. The van der Waals surface area contributed by atoms with Crippen LogP contribution >= 0.6 is 11.6 Å². The Morgan fingerprint density at radius 3 is 2.75 bits per heavy atom. The topological polar surface area (TPSA) is 35.2 Å². The molecule has 0 saturated heterocycles. The Morgan fingerprint density at radius 1 is 1.50 bits per heavy atom. The molecule has 0 aromatic heterocycles. The zero-order valence-corrected chi connectivity index (χ0v) is 10.4. The van der Waals surface area contributed by atoms with Crippen LogP contribution in [0.2, 0.25) is 5.02 Å². The maximum absolute atomic E-state index is 13.5. The Balaban J connectivity index is 2.79. The number of hydrogen-bond donors (Lipinski definition) is 1. The van der Waals surface area contributed by atoms with Crippen molar-refractivity contribution in [1.29, 1.82) is 0 Å². The van der Waals surface area contributed by atoms with Crippen molar-refractivity contribution >= 4 is 11.6 Å². The number of nitrogens with two attached hydrogens (primary N) is 1. The molecular formula is C12H17ClFNO. The Morgan fingerprint density at radius 2 is 2.19 bits per heavy atom. The van der Waals surface area contributed by atoms with Crippen LogP contribution < -0.4 is 5.73 Å². The normalized spacial score (nSPS) is 14.8. The fourth-order valence-electron chi connectivity index (χ4n) is 1.49. The third-order valence-electron chi connectivity index (χ3n) is 2.28. The molecule has 1 aromatic carbocycles. The summed E-state index contributed by atoms with van der Waals surface area (Å²) in [6.45, 7) is 4.70. The smallest absolute Gasteiger partial charge is 0.127 e. The summed E-state index contributed by atoms with van der Waals surface area (Å²) in [6.07, 6.45) is 0.360. The monoisotopic (exact) mass is 245 g/mol. The molecule has 0 aliphatic rings. The van der Waals surface area contributed by atoms with Gasteiger partial charge in [-0.2, -0.15) is 0 Å². The second-order valence-corrected chi connectivity index (χ2v) is 4.58. The molecule has 2 N–H and O–H groups in total. The summed E-state index contributed by atoms with van der Waals surface area (Å²) in [5, 5.41) is 0.410. The van der Waals surface area contributed by atoms with Gasteiger partial charge in [0.2, 0.25) is 0 Å². The molecule has 0 saturated carbocycles. The van der Waals surface area contributed by atoms with Gasteiger partial charge in [-0.1, -0.05) is 17.7 Å². The van der Waals surface area contributed by atoms with Crippen LogP contribution in [0.1, 0.15) is 19.4 Å². The molecule has 0 fully saturated rings.